The monoisotopic (exact) mass is 236 g/mol. The fourth-order valence-corrected chi connectivity index (χ4v) is 2.47. The summed E-state index contributed by atoms with van der Waals surface area (Å²) in [5, 5.41) is 7.08. The summed E-state index contributed by atoms with van der Waals surface area (Å²) in [7, 11) is 1.81. The predicted molar refractivity (Wildman–Crippen MR) is 65.5 cm³/mol. The van der Waals surface area contributed by atoms with Crippen molar-refractivity contribution >= 4 is 5.91 Å². The summed E-state index contributed by atoms with van der Waals surface area (Å²) in [5.74, 6) is 0.382. The highest BCUT2D eigenvalue weighted by Gasteiger charge is 2.25. The molecule has 1 heterocycles. The second-order valence-corrected chi connectivity index (χ2v) is 4.76. The minimum atomic E-state index is -0.0385. The fraction of sp³-hybridized carbons (Fsp3) is 0.667. The van der Waals surface area contributed by atoms with E-state index in [1.807, 2.05) is 0 Å². The molecule has 0 bridgehead atoms. The van der Waals surface area contributed by atoms with Crippen LogP contribution in [0.5, 0.6) is 0 Å². The van der Waals surface area contributed by atoms with Crippen molar-refractivity contribution in [3.05, 3.63) is 18.0 Å². The van der Waals surface area contributed by atoms with Crippen molar-refractivity contribution in [3.8, 4) is 0 Å². The van der Waals surface area contributed by atoms with Crippen LogP contribution in [-0.4, -0.2) is 28.3 Å². The number of nitrogens with one attached hydrogen (secondary N) is 1. The SMILES string of the molecule is Cn1cc(C(=O)NC2CCCCC2CN)cn1. The molecule has 1 fully saturated rings. The molecule has 1 aliphatic carbocycles. The van der Waals surface area contributed by atoms with E-state index in [1.165, 1.54) is 12.8 Å². The maximum atomic E-state index is 12.0. The highest BCUT2D eigenvalue weighted by molar-refractivity contribution is 5.93. The third-order valence-corrected chi connectivity index (χ3v) is 3.50. The van der Waals surface area contributed by atoms with Crippen molar-refractivity contribution in [2.24, 2.45) is 18.7 Å². The molecule has 2 atom stereocenters. The molecular formula is C12H20N4O. The Hall–Kier alpha value is -1.36. The summed E-state index contributed by atoms with van der Waals surface area (Å²) < 4.78 is 1.64. The molecular weight excluding hydrogens is 216 g/mol. The first-order valence-electron chi connectivity index (χ1n) is 6.20. The van der Waals surface area contributed by atoms with Crippen LogP contribution in [0.3, 0.4) is 0 Å². The molecule has 0 radical (unpaired) electrons. The Morgan fingerprint density at radius 2 is 2.35 bits per heavy atom. The van der Waals surface area contributed by atoms with Crippen LogP contribution in [0, 0.1) is 5.92 Å². The number of nitrogens with zero attached hydrogens (tertiary/aromatic N) is 2. The molecule has 5 heteroatoms. The van der Waals surface area contributed by atoms with Crippen LogP contribution in [0.2, 0.25) is 0 Å². The van der Waals surface area contributed by atoms with Gasteiger partial charge in [0, 0.05) is 19.3 Å². The van der Waals surface area contributed by atoms with Crippen LogP contribution in [0.1, 0.15) is 36.0 Å². The zero-order valence-electron chi connectivity index (χ0n) is 10.2. The summed E-state index contributed by atoms with van der Waals surface area (Å²) in [5.41, 5.74) is 6.36. The van der Waals surface area contributed by atoms with Gasteiger partial charge in [0.05, 0.1) is 11.8 Å². The minimum Gasteiger partial charge on any atom is -0.349 e. The largest absolute Gasteiger partial charge is 0.349 e. The van der Waals surface area contributed by atoms with E-state index in [0.717, 1.165) is 12.8 Å². The van der Waals surface area contributed by atoms with Crippen LogP contribution in [0.4, 0.5) is 0 Å². The summed E-state index contributed by atoms with van der Waals surface area (Å²) in [6.07, 6.45) is 7.88. The maximum Gasteiger partial charge on any atom is 0.254 e. The lowest BCUT2D eigenvalue weighted by Gasteiger charge is -2.31. The first kappa shape index (κ1) is 12.1. The van der Waals surface area contributed by atoms with E-state index >= 15 is 0 Å². The molecule has 1 aliphatic rings. The lowest BCUT2D eigenvalue weighted by atomic mass is 9.84. The van der Waals surface area contributed by atoms with Gasteiger partial charge in [0.2, 0.25) is 0 Å². The molecule has 94 valence electrons. The van der Waals surface area contributed by atoms with Crippen LogP contribution in [0.25, 0.3) is 0 Å². The van der Waals surface area contributed by atoms with E-state index in [9.17, 15) is 4.79 Å². The highest BCUT2D eigenvalue weighted by Crippen LogP contribution is 2.23. The van der Waals surface area contributed by atoms with Gasteiger partial charge in [0.1, 0.15) is 0 Å². The summed E-state index contributed by atoms with van der Waals surface area (Å²) in [6.45, 7) is 0.651. The zero-order valence-corrected chi connectivity index (χ0v) is 10.2. The molecule has 1 aromatic rings. The molecule has 2 unspecified atom stereocenters. The predicted octanol–water partition coefficient (Wildman–Crippen LogP) is 0.667. The molecule has 0 saturated heterocycles. The summed E-state index contributed by atoms with van der Waals surface area (Å²) in [4.78, 5) is 12.0. The Morgan fingerprint density at radius 3 is 3.00 bits per heavy atom. The second kappa shape index (κ2) is 5.31. The Bertz CT molecular complexity index is 388. The number of hydrogen-bond donors (Lipinski definition) is 2. The van der Waals surface area contributed by atoms with Gasteiger partial charge >= 0.3 is 0 Å². The van der Waals surface area contributed by atoms with E-state index in [2.05, 4.69) is 10.4 Å². The first-order chi connectivity index (χ1) is 8.20. The van der Waals surface area contributed by atoms with E-state index in [-0.39, 0.29) is 11.9 Å². The lowest BCUT2D eigenvalue weighted by molar-refractivity contribution is 0.0908. The van der Waals surface area contributed by atoms with E-state index in [4.69, 9.17) is 5.73 Å². The van der Waals surface area contributed by atoms with Crippen molar-refractivity contribution in [1.82, 2.24) is 15.1 Å². The lowest BCUT2D eigenvalue weighted by Crippen LogP contribution is -2.44. The molecule has 2 rings (SSSR count). The quantitative estimate of drug-likeness (QED) is 0.810. The van der Waals surface area contributed by atoms with Gasteiger partial charge in [-0.3, -0.25) is 9.48 Å². The van der Waals surface area contributed by atoms with Gasteiger partial charge in [0.15, 0.2) is 0 Å². The van der Waals surface area contributed by atoms with Gasteiger partial charge in [-0.1, -0.05) is 12.8 Å². The molecule has 17 heavy (non-hydrogen) atoms. The summed E-state index contributed by atoms with van der Waals surface area (Å²) >= 11 is 0. The van der Waals surface area contributed by atoms with Gasteiger partial charge in [-0.2, -0.15) is 5.10 Å². The molecule has 1 amide bonds. The van der Waals surface area contributed by atoms with Crippen LogP contribution >= 0.6 is 0 Å². The number of nitrogens with two attached hydrogens (primary N) is 1. The standard InChI is InChI=1S/C12H20N4O/c1-16-8-10(7-14-16)12(17)15-11-5-3-2-4-9(11)6-13/h7-9,11H,2-6,13H2,1H3,(H,15,17). The van der Waals surface area contributed by atoms with Gasteiger partial charge in [-0.25, -0.2) is 0 Å². The van der Waals surface area contributed by atoms with Crippen LogP contribution < -0.4 is 11.1 Å². The number of aromatic nitrogens is 2. The Balaban J connectivity index is 1.97. The van der Waals surface area contributed by atoms with Crippen molar-refractivity contribution in [1.29, 1.82) is 0 Å². The van der Waals surface area contributed by atoms with E-state index in [1.54, 1.807) is 24.1 Å². The van der Waals surface area contributed by atoms with Gasteiger partial charge in [-0.15, -0.1) is 0 Å². The van der Waals surface area contributed by atoms with E-state index < -0.39 is 0 Å². The average molecular weight is 236 g/mol. The molecule has 0 aromatic carbocycles. The Morgan fingerprint density at radius 1 is 1.59 bits per heavy atom. The third-order valence-electron chi connectivity index (χ3n) is 3.50. The number of hydrogen-bond acceptors (Lipinski definition) is 3. The molecule has 1 saturated carbocycles. The first-order valence-corrected chi connectivity index (χ1v) is 6.20. The molecule has 5 nitrogen and oxygen atoms in total. The van der Waals surface area contributed by atoms with Crippen LogP contribution in [0.15, 0.2) is 12.4 Å². The van der Waals surface area contributed by atoms with Gasteiger partial charge < -0.3 is 11.1 Å². The van der Waals surface area contributed by atoms with Crippen molar-refractivity contribution < 1.29 is 4.79 Å². The van der Waals surface area contributed by atoms with Crippen molar-refractivity contribution in [2.45, 2.75) is 31.7 Å². The van der Waals surface area contributed by atoms with Crippen molar-refractivity contribution in [2.75, 3.05) is 6.54 Å². The number of rotatable bonds is 3. The fourth-order valence-electron chi connectivity index (χ4n) is 2.47. The van der Waals surface area contributed by atoms with Gasteiger partial charge in [-0.05, 0) is 25.3 Å². The molecule has 3 N–H and O–H groups in total. The zero-order chi connectivity index (χ0) is 12.3. The number of carbonyl (C=O) groups is 1. The number of carbonyl (C=O) groups excluding carboxylic acids is 1. The highest BCUT2D eigenvalue weighted by atomic mass is 16.1. The Labute approximate surface area is 101 Å². The average Bonchev–Trinajstić information content (AvgIpc) is 2.77. The van der Waals surface area contributed by atoms with E-state index in [0.29, 0.717) is 18.0 Å². The van der Waals surface area contributed by atoms with Gasteiger partial charge in [0.25, 0.3) is 5.91 Å². The number of aryl methyl sites for hydroxylation is 1. The maximum absolute atomic E-state index is 12.0. The number of amides is 1. The molecule has 0 aliphatic heterocycles. The second-order valence-electron chi connectivity index (χ2n) is 4.76. The topological polar surface area (TPSA) is 72.9 Å². The normalized spacial score (nSPS) is 24.6. The summed E-state index contributed by atoms with van der Waals surface area (Å²) in [6, 6.07) is 0.224. The minimum absolute atomic E-state index is 0.0385. The third kappa shape index (κ3) is 2.85. The Kier molecular flexibility index (Phi) is 3.78. The van der Waals surface area contributed by atoms with Crippen LogP contribution in [-0.2, 0) is 7.05 Å². The van der Waals surface area contributed by atoms with Crippen molar-refractivity contribution in [3.63, 3.8) is 0 Å². The molecule has 0 spiro atoms. The smallest absolute Gasteiger partial charge is 0.254 e. The molecule has 1 aromatic heterocycles.